The molecule has 1 N–H and O–H groups in total. The highest BCUT2D eigenvalue weighted by atomic mass is 19.1. The van der Waals surface area contributed by atoms with Crippen LogP contribution < -0.4 is 14.8 Å². The number of hydrogen-bond donors (Lipinski definition) is 1. The lowest BCUT2D eigenvalue weighted by molar-refractivity contribution is 0.192. The first-order valence-electron chi connectivity index (χ1n) is 9.74. The van der Waals surface area contributed by atoms with Crippen LogP contribution in [0.15, 0.2) is 48.5 Å². The third-order valence-electron chi connectivity index (χ3n) is 4.94. The molecule has 2 aromatic carbocycles. The summed E-state index contributed by atoms with van der Waals surface area (Å²) in [5.74, 6) is 1.20. The van der Waals surface area contributed by atoms with E-state index >= 15 is 0 Å². The van der Waals surface area contributed by atoms with Crippen LogP contribution in [0.5, 0.6) is 11.5 Å². The number of rotatable bonds is 8. The molecular formula is C22H27FN2O3. The molecule has 0 unspecified atom stereocenters. The van der Waals surface area contributed by atoms with Gasteiger partial charge >= 0.3 is 6.03 Å². The Labute approximate surface area is 165 Å². The van der Waals surface area contributed by atoms with Crippen LogP contribution in [0.4, 0.5) is 9.18 Å². The molecule has 0 spiro atoms. The molecule has 2 aromatic rings. The van der Waals surface area contributed by atoms with Crippen LogP contribution >= 0.6 is 0 Å². The summed E-state index contributed by atoms with van der Waals surface area (Å²) in [5, 5.41) is 3.01. The molecule has 0 aliphatic carbocycles. The first kappa shape index (κ1) is 20.0. The van der Waals surface area contributed by atoms with Crippen molar-refractivity contribution in [2.75, 3.05) is 26.8 Å². The lowest BCUT2D eigenvalue weighted by Gasteiger charge is -2.25. The average Bonchev–Trinajstić information content (AvgIpc) is 3.22. The van der Waals surface area contributed by atoms with Gasteiger partial charge in [-0.3, -0.25) is 0 Å². The van der Waals surface area contributed by atoms with Crippen molar-refractivity contribution in [3.05, 3.63) is 59.9 Å². The minimum absolute atomic E-state index is 0.0160. The molecule has 1 atom stereocenters. The fraction of sp³-hybridized carbons (Fsp3) is 0.409. The van der Waals surface area contributed by atoms with E-state index in [4.69, 9.17) is 9.47 Å². The molecule has 1 fully saturated rings. The Bertz CT molecular complexity index is 749. The van der Waals surface area contributed by atoms with Crippen molar-refractivity contribution < 1.29 is 18.7 Å². The maximum Gasteiger partial charge on any atom is 0.317 e. The van der Waals surface area contributed by atoms with Gasteiger partial charge in [-0.1, -0.05) is 12.1 Å². The standard InChI is InChI=1S/C22H27FN2O3/c1-27-19-10-6-17(7-11-19)21-5-4-15-25(21)22(26)24-14-2-3-16-28-20-12-8-18(23)9-13-20/h6-13,21H,2-5,14-16H2,1H3,(H,24,26)/t21-/m1/s1. The summed E-state index contributed by atoms with van der Waals surface area (Å²) in [6.07, 6.45) is 3.63. The van der Waals surface area contributed by atoms with Gasteiger partial charge in [0.1, 0.15) is 17.3 Å². The number of carbonyl (C=O) groups is 1. The third-order valence-corrected chi connectivity index (χ3v) is 4.94. The van der Waals surface area contributed by atoms with E-state index in [-0.39, 0.29) is 17.9 Å². The van der Waals surface area contributed by atoms with Crippen molar-refractivity contribution in [1.29, 1.82) is 0 Å². The second-order valence-electron chi connectivity index (χ2n) is 6.87. The monoisotopic (exact) mass is 386 g/mol. The molecule has 0 aromatic heterocycles. The molecule has 1 aliphatic heterocycles. The summed E-state index contributed by atoms with van der Waals surface area (Å²) < 4.78 is 23.6. The molecular weight excluding hydrogens is 359 g/mol. The highest BCUT2D eigenvalue weighted by Crippen LogP contribution is 2.32. The fourth-order valence-electron chi connectivity index (χ4n) is 3.43. The van der Waals surface area contributed by atoms with Crippen molar-refractivity contribution in [3.8, 4) is 11.5 Å². The number of urea groups is 1. The number of benzene rings is 2. The highest BCUT2D eigenvalue weighted by Gasteiger charge is 2.29. The third kappa shape index (κ3) is 5.38. The van der Waals surface area contributed by atoms with Gasteiger partial charge in [0.05, 0.1) is 19.8 Å². The van der Waals surface area contributed by atoms with Crippen LogP contribution in [0, 0.1) is 5.82 Å². The summed E-state index contributed by atoms with van der Waals surface area (Å²) >= 11 is 0. The molecule has 0 radical (unpaired) electrons. The van der Waals surface area contributed by atoms with Crippen molar-refractivity contribution >= 4 is 6.03 Å². The van der Waals surface area contributed by atoms with Crippen molar-refractivity contribution in [2.24, 2.45) is 0 Å². The number of ether oxygens (including phenoxy) is 2. The van der Waals surface area contributed by atoms with E-state index in [9.17, 15) is 9.18 Å². The minimum atomic E-state index is -0.273. The van der Waals surface area contributed by atoms with Crippen molar-refractivity contribution in [2.45, 2.75) is 31.7 Å². The summed E-state index contributed by atoms with van der Waals surface area (Å²) in [5.41, 5.74) is 1.14. The molecule has 5 nitrogen and oxygen atoms in total. The van der Waals surface area contributed by atoms with Crippen LogP contribution in [0.25, 0.3) is 0 Å². The predicted octanol–water partition coefficient (Wildman–Crippen LogP) is 4.54. The van der Waals surface area contributed by atoms with E-state index in [0.717, 1.165) is 43.5 Å². The molecule has 1 heterocycles. The Balaban J connectivity index is 1.38. The van der Waals surface area contributed by atoms with E-state index < -0.39 is 0 Å². The lowest BCUT2D eigenvalue weighted by Crippen LogP contribution is -2.39. The topological polar surface area (TPSA) is 50.8 Å². The number of amides is 2. The number of likely N-dealkylation sites (tertiary alicyclic amines) is 1. The number of halogens is 1. The van der Waals surface area contributed by atoms with Crippen LogP contribution in [0.3, 0.4) is 0 Å². The van der Waals surface area contributed by atoms with Crippen LogP contribution in [0.2, 0.25) is 0 Å². The quantitative estimate of drug-likeness (QED) is 0.678. The first-order valence-corrected chi connectivity index (χ1v) is 9.74. The van der Waals surface area contributed by atoms with Gasteiger partial charge in [0.2, 0.25) is 0 Å². The zero-order valence-corrected chi connectivity index (χ0v) is 16.2. The Hall–Kier alpha value is -2.76. The van der Waals surface area contributed by atoms with Gasteiger partial charge in [0.25, 0.3) is 0 Å². The SMILES string of the molecule is COc1ccc([C@H]2CCCN2C(=O)NCCCCOc2ccc(F)cc2)cc1. The van der Waals surface area contributed by atoms with Gasteiger partial charge in [-0.15, -0.1) is 0 Å². The second kappa shape index (κ2) is 9.97. The molecule has 1 saturated heterocycles. The number of methoxy groups -OCH3 is 1. The highest BCUT2D eigenvalue weighted by molar-refractivity contribution is 5.75. The Morgan fingerprint density at radius 2 is 1.82 bits per heavy atom. The van der Waals surface area contributed by atoms with E-state index in [1.54, 1.807) is 19.2 Å². The first-order chi connectivity index (χ1) is 13.7. The summed E-state index contributed by atoms with van der Waals surface area (Å²) in [6, 6.07) is 14.0. The largest absolute Gasteiger partial charge is 0.497 e. The smallest absolute Gasteiger partial charge is 0.317 e. The predicted molar refractivity (Wildman–Crippen MR) is 106 cm³/mol. The lowest BCUT2D eigenvalue weighted by atomic mass is 10.0. The number of unbranched alkanes of at least 4 members (excludes halogenated alkanes) is 1. The molecule has 150 valence electrons. The van der Waals surface area contributed by atoms with Crippen LogP contribution in [-0.2, 0) is 0 Å². The van der Waals surface area contributed by atoms with E-state index in [1.165, 1.54) is 12.1 Å². The molecule has 28 heavy (non-hydrogen) atoms. The Morgan fingerprint density at radius 1 is 1.11 bits per heavy atom. The number of nitrogens with one attached hydrogen (secondary N) is 1. The Morgan fingerprint density at radius 3 is 2.54 bits per heavy atom. The second-order valence-corrected chi connectivity index (χ2v) is 6.87. The van der Waals surface area contributed by atoms with Crippen LogP contribution in [0.1, 0.15) is 37.3 Å². The van der Waals surface area contributed by atoms with Gasteiger partial charge in [-0.2, -0.15) is 0 Å². The number of hydrogen-bond acceptors (Lipinski definition) is 3. The molecule has 2 amide bonds. The molecule has 0 saturated carbocycles. The summed E-state index contributed by atoms with van der Waals surface area (Å²) in [6.45, 7) is 1.92. The van der Waals surface area contributed by atoms with E-state index in [2.05, 4.69) is 5.32 Å². The minimum Gasteiger partial charge on any atom is -0.497 e. The molecule has 1 aliphatic rings. The maximum atomic E-state index is 12.8. The van der Waals surface area contributed by atoms with Crippen molar-refractivity contribution in [1.82, 2.24) is 10.2 Å². The molecule has 6 heteroatoms. The van der Waals surface area contributed by atoms with Gasteiger partial charge < -0.3 is 19.7 Å². The van der Waals surface area contributed by atoms with Crippen LogP contribution in [-0.4, -0.2) is 37.7 Å². The van der Waals surface area contributed by atoms with E-state index in [0.29, 0.717) is 18.9 Å². The van der Waals surface area contributed by atoms with Gasteiger partial charge in [-0.05, 0) is 67.6 Å². The normalized spacial score (nSPS) is 16.1. The van der Waals surface area contributed by atoms with E-state index in [1.807, 2.05) is 29.2 Å². The van der Waals surface area contributed by atoms with Gasteiger partial charge in [0, 0.05) is 13.1 Å². The maximum absolute atomic E-state index is 12.8. The number of carbonyl (C=O) groups excluding carboxylic acids is 1. The average molecular weight is 386 g/mol. The molecule has 3 rings (SSSR count). The Kier molecular flexibility index (Phi) is 7.12. The zero-order chi connectivity index (χ0) is 19.8. The molecule has 0 bridgehead atoms. The van der Waals surface area contributed by atoms with Crippen molar-refractivity contribution in [3.63, 3.8) is 0 Å². The number of nitrogens with zero attached hydrogens (tertiary/aromatic N) is 1. The van der Waals surface area contributed by atoms with Gasteiger partial charge in [0.15, 0.2) is 0 Å². The van der Waals surface area contributed by atoms with Gasteiger partial charge in [-0.25, -0.2) is 9.18 Å². The fourth-order valence-corrected chi connectivity index (χ4v) is 3.43. The summed E-state index contributed by atoms with van der Waals surface area (Å²) in [4.78, 5) is 14.5. The summed E-state index contributed by atoms with van der Waals surface area (Å²) in [7, 11) is 1.65. The zero-order valence-electron chi connectivity index (χ0n) is 16.2.